The lowest BCUT2D eigenvalue weighted by atomic mass is 9.88. The van der Waals surface area contributed by atoms with Gasteiger partial charge in [0.2, 0.25) is 5.91 Å². The Morgan fingerprint density at radius 3 is 2.75 bits per heavy atom. The molecule has 2 aliphatic rings. The van der Waals surface area contributed by atoms with Gasteiger partial charge in [-0.2, -0.15) is 0 Å². The van der Waals surface area contributed by atoms with Gasteiger partial charge in [0, 0.05) is 31.1 Å². The second kappa shape index (κ2) is 5.20. The zero-order chi connectivity index (χ0) is 14.3. The third kappa shape index (κ3) is 2.59. The number of morpholine rings is 1. The fourth-order valence-corrected chi connectivity index (χ4v) is 3.45. The van der Waals surface area contributed by atoms with Crippen LogP contribution in [0.1, 0.15) is 37.5 Å². The molecule has 1 saturated heterocycles. The summed E-state index contributed by atoms with van der Waals surface area (Å²) in [6, 6.07) is 0. The molecule has 0 bridgehead atoms. The van der Waals surface area contributed by atoms with Gasteiger partial charge in [-0.3, -0.25) is 4.79 Å². The Kier molecular flexibility index (Phi) is 3.54. The molecule has 110 valence electrons. The molecule has 1 aromatic rings. The van der Waals surface area contributed by atoms with Crippen LogP contribution >= 0.6 is 0 Å². The van der Waals surface area contributed by atoms with E-state index in [9.17, 15) is 4.79 Å². The number of aryl methyl sites for hydroxylation is 2. The van der Waals surface area contributed by atoms with Gasteiger partial charge in [-0.25, -0.2) is 4.98 Å². The van der Waals surface area contributed by atoms with Crippen molar-refractivity contribution in [2.75, 3.05) is 13.1 Å². The molecule has 1 aliphatic carbocycles. The van der Waals surface area contributed by atoms with E-state index in [1.165, 1.54) is 0 Å². The van der Waals surface area contributed by atoms with Gasteiger partial charge < -0.3 is 14.6 Å². The van der Waals surface area contributed by atoms with Crippen molar-refractivity contribution in [3.05, 3.63) is 17.2 Å². The topological polar surface area (TPSA) is 58.2 Å². The van der Waals surface area contributed by atoms with Crippen LogP contribution in [-0.4, -0.2) is 46.1 Å². The highest BCUT2D eigenvalue weighted by Gasteiger charge is 2.33. The number of rotatable bonds is 1. The van der Waals surface area contributed by atoms with Crippen LogP contribution in [-0.2, 0) is 22.4 Å². The summed E-state index contributed by atoms with van der Waals surface area (Å²) in [4.78, 5) is 22.5. The minimum Gasteiger partial charge on any atom is -0.372 e. The standard InChI is InChI=1S/C15H23N3O2/c1-9-7-18(8-10(2)20-9)15(19)12-4-5-13-14(6-12)17-11(3)16-13/h9-10,12H,4-8H2,1-3H3,(H,16,17). The maximum Gasteiger partial charge on any atom is 0.226 e. The number of hydrogen-bond donors (Lipinski definition) is 1. The van der Waals surface area contributed by atoms with E-state index in [-0.39, 0.29) is 24.0 Å². The van der Waals surface area contributed by atoms with E-state index >= 15 is 0 Å². The maximum atomic E-state index is 12.7. The van der Waals surface area contributed by atoms with Crippen molar-refractivity contribution in [1.29, 1.82) is 0 Å². The van der Waals surface area contributed by atoms with Crippen molar-refractivity contribution >= 4 is 5.91 Å². The molecule has 1 fully saturated rings. The molecule has 1 aliphatic heterocycles. The Balaban J connectivity index is 1.69. The van der Waals surface area contributed by atoms with Crippen LogP contribution in [0.15, 0.2) is 0 Å². The molecule has 0 spiro atoms. The fourth-order valence-electron chi connectivity index (χ4n) is 3.45. The maximum absolute atomic E-state index is 12.7. The second-order valence-corrected chi connectivity index (χ2v) is 6.19. The molecule has 0 aromatic carbocycles. The van der Waals surface area contributed by atoms with E-state index in [1.807, 2.05) is 25.7 Å². The van der Waals surface area contributed by atoms with Crippen LogP contribution < -0.4 is 0 Å². The first-order valence-electron chi connectivity index (χ1n) is 7.51. The highest BCUT2D eigenvalue weighted by atomic mass is 16.5. The van der Waals surface area contributed by atoms with Gasteiger partial charge in [-0.1, -0.05) is 0 Å². The third-order valence-electron chi connectivity index (χ3n) is 4.24. The number of carbonyl (C=O) groups is 1. The lowest BCUT2D eigenvalue weighted by molar-refractivity contribution is -0.147. The van der Waals surface area contributed by atoms with Gasteiger partial charge in [0.15, 0.2) is 0 Å². The number of carbonyl (C=O) groups excluding carboxylic acids is 1. The predicted molar refractivity (Wildman–Crippen MR) is 75.4 cm³/mol. The molecular weight excluding hydrogens is 254 g/mol. The van der Waals surface area contributed by atoms with E-state index in [2.05, 4.69) is 9.97 Å². The van der Waals surface area contributed by atoms with Crippen molar-refractivity contribution < 1.29 is 9.53 Å². The molecule has 5 heteroatoms. The summed E-state index contributed by atoms with van der Waals surface area (Å²) in [5, 5.41) is 0. The van der Waals surface area contributed by atoms with Crippen molar-refractivity contribution in [2.45, 2.75) is 52.2 Å². The monoisotopic (exact) mass is 277 g/mol. The number of imidazole rings is 1. The van der Waals surface area contributed by atoms with Gasteiger partial charge in [-0.05, 0) is 33.6 Å². The van der Waals surface area contributed by atoms with Crippen molar-refractivity contribution in [3.63, 3.8) is 0 Å². The van der Waals surface area contributed by atoms with Crippen molar-refractivity contribution in [3.8, 4) is 0 Å². The van der Waals surface area contributed by atoms with E-state index in [0.717, 1.165) is 36.5 Å². The normalized spacial score (nSPS) is 30.1. The molecule has 1 aromatic heterocycles. The van der Waals surface area contributed by atoms with Crippen LogP contribution in [0.4, 0.5) is 0 Å². The van der Waals surface area contributed by atoms with Crippen LogP contribution in [0.5, 0.6) is 0 Å². The number of H-pyrrole nitrogens is 1. The van der Waals surface area contributed by atoms with Crippen molar-refractivity contribution in [1.82, 2.24) is 14.9 Å². The number of nitrogens with one attached hydrogen (secondary N) is 1. The van der Waals surface area contributed by atoms with Gasteiger partial charge in [-0.15, -0.1) is 0 Å². The molecule has 1 amide bonds. The molecule has 3 atom stereocenters. The number of hydrogen-bond acceptors (Lipinski definition) is 3. The minimum atomic E-state index is 0.0971. The average Bonchev–Trinajstić information content (AvgIpc) is 2.75. The molecule has 1 N–H and O–H groups in total. The average molecular weight is 277 g/mol. The highest BCUT2D eigenvalue weighted by Crippen LogP contribution is 2.26. The van der Waals surface area contributed by atoms with Crippen molar-refractivity contribution in [2.24, 2.45) is 5.92 Å². The number of aromatic amines is 1. The summed E-state index contributed by atoms with van der Waals surface area (Å²) in [6.07, 6.45) is 2.89. The summed E-state index contributed by atoms with van der Waals surface area (Å²) in [6.45, 7) is 7.48. The van der Waals surface area contributed by atoms with Crippen LogP contribution in [0.2, 0.25) is 0 Å². The first-order valence-corrected chi connectivity index (χ1v) is 7.51. The highest BCUT2D eigenvalue weighted by molar-refractivity contribution is 5.79. The number of amides is 1. The molecule has 2 heterocycles. The fraction of sp³-hybridized carbons (Fsp3) is 0.733. The third-order valence-corrected chi connectivity index (χ3v) is 4.24. The number of nitrogens with zero attached hydrogens (tertiary/aromatic N) is 2. The smallest absolute Gasteiger partial charge is 0.226 e. The summed E-state index contributed by atoms with van der Waals surface area (Å²) in [7, 11) is 0. The molecule has 3 unspecified atom stereocenters. The molecule has 20 heavy (non-hydrogen) atoms. The summed E-state index contributed by atoms with van der Waals surface area (Å²) in [5.41, 5.74) is 2.30. The SMILES string of the molecule is Cc1nc2c([nH]1)CC(C(=O)N1CC(C)OC(C)C1)CC2. The summed E-state index contributed by atoms with van der Waals surface area (Å²) in [5.74, 6) is 1.33. The van der Waals surface area contributed by atoms with E-state index in [0.29, 0.717) is 13.1 Å². The molecular formula is C15H23N3O2. The van der Waals surface area contributed by atoms with Crippen LogP contribution in [0.3, 0.4) is 0 Å². The number of ether oxygens (including phenoxy) is 1. The Morgan fingerprint density at radius 2 is 2.05 bits per heavy atom. The first kappa shape index (κ1) is 13.6. The molecule has 0 saturated carbocycles. The van der Waals surface area contributed by atoms with E-state index in [4.69, 9.17) is 4.74 Å². The van der Waals surface area contributed by atoms with Gasteiger partial charge >= 0.3 is 0 Å². The minimum absolute atomic E-state index is 0.0971. The number of aromatic nitrogens is 2. The Bertz CT molecular complexity index is 501. The van der Waals surface area contributed by atoms with E-state index < -0.39 is 0 Å². The van der Waals surface area contributed by atoms with Gasteiger partial charge in [0.25, 0.3) is 0 Å². The zero-order valence-corrected chi connectivity index (χ0v) is 12.5. The Hall–Kier alpha value is -1.36. The summed E-state index contributed by atoms with van der Waals surface area (Å²) < 4.78 is 5.70. The molecule has 5 nitrogen and oxygen atoms in total. The first-order chi connectivity index (χ1) is 9.52. The Labute approximate surface area is 119 Å². The zero-order valence-electron chi connectivity index (χ0n) is 12.5. The van der Waals surface area contributed by atoms with Gasteiger partial charge in [0.05, 0.1) is 17.9 Å². The number of fused-ring (bicyclic) bond motifs is 1. The second-order valence-electron chi connectivity index (χ2n) is 6.19. The van der Waals surface area contributed by atoms with Crippen LogP contribution in [0.25, 0.3) is 0 Å². The Morgan fingerprint density at radius 1 is 1.35 bits per heavy atom. The quantitative estimate of drug-likeness (QED) is 0.845. The lowest BCUT2D eigenvalue weighted by Crippen LogP contribution is -2.50. The summed E-state index contributed by atoms with van der Waals surface area (Å²) >= 11 is 0. The van der Waals surface area contributed by atoms with Gasteiger partial charge in [0.1, 0.15) is 5.82 Å². The van der Waals surface area contributed by atoms with Crippen LogP contribution in [0, 0.1) is 12.8 Å². The largest absolute Gasteiger partial charge is 0.372 e. The predicted octanol–water partition coefficient (Wildman–Crippen LogP) is 1.46. The molecule has 0 radical (unpaired) electrons. The van der Waals surface area contributed by atoms with E-state index in [1.54, 1.807) is 0 Å². The molecule has 3 rings (SSSR count). The lowest BCUT2D eigenvalue weighted by Gasteiger charge is -2.37.